The summed E-state index contributed by atoms with van der Waals surface area (Å²) in [6.45, 7) is 6.89. The lowest BCUT2D eigenvalue weighted by Crippen LogP contribution is -2.54. The number of rotatable bonds is 4. The van der Waals surface area contributed by atoms with Crippen molar-refractivity contribution in [2.45, 2.75) is 77.7 Å². The number of nitrogens with one attached hydrogen (secondary N) is 2. The highest BCUT2D eigenvalue weighted by Crippen LogP contribution is 2.46. The van der Waals surface area contributed by atoms with Crippen molar-refractivity contribution in [3.8, 4) is 0 Å². The topological polar surface area (TPSA) is 78.5 Å². The van der Waals surface area contributed by atoms with E-state index in [-0.39, 0.29) is 23.8 Å². The molecule has 1 spiro atoms. The molecule has 2 aliphatic carbocycles. The lowest BCUT2D eigenvalue weighted by Gasteiger charge is -2.43. The van der Waals surface area contributed by atoms with Crippen LogP contribution in [0.2, 0.25) is 0 Å². The van der Waals surface area contributed by atoms with E-state index in [2.05, 4.69) is 31.4 Å². The summed E-state index contributed by atoms with van der Waals surface area (Å²) >= 11 is 0. The largest absolute Gasteiger partial charge is 0.354 e. The molecular weight excluding hydrogens is 330 g/mol. The molecule has 3 rings (SSSR count). The van der Waals surface area contributed by atoms with Crippen molar-refractivity contribution in [1.82, 2.24) is 15.5 Å². The van der Waals surface area contributed by atoms with Gasteiger partial charge < -0.3 is 10.6 Å². The van der Waals surface area contributed by atoms with Crippen LogP contribution in [0.1, 0.15) is 72.1 Å². The number of hydrogen-bond donors (Lipinski definition) is 2. The average molecular weight is 364 g/mol. The summed E-state index contributed by atoms with van der Waals surface area (Å²) in [6, 6.07) is -0.423. The van der Waals surface area contributed by atoms with E-state index < -0.39 is 11.6 Å². The second-order valence-electron chi connectivity index (χ2n) is 9.57. The lowest BCUT2D eigenvalue weighted by molar-refractivity contribution is -0.137. The average Bonchev–Trinajstić information content (AvgIpc) is 2.75. The molecule has 26 heavy (non-hydrogen) atoms. The molecule has 1 aliphatic heterocycles. The molecule has 2 atom stereocenters. The Kier molecular flexibility index (Phi) is 5.31. The highest BCUT2D eigenvalue weighted by Gasteiger charge is 2.56. The predicted octanol–water partition coefficient (Wildman–Crippen LogP) is 2.82. The predicted molar refractivity (Wildman–Crippen MR) is 99.4 cm³/mol. The van der Waals surface area contributed by atoms with E-state index in [0.29, 0.717) is 31.2 Å². The van der Waals surface area contributed by atoms with Crippen LogP contribution in [0, 0.1) is 17.3 Å². The fourth-order valence-corrected chi connectivity index (χ4v) is 5.50. The van der Waals surface area contributed by atoms with Crippen LogP contribution in [-0.2, 0) is 9.59 Å². The molecule has 3 fully saturated rings. The minimum atomic E-state index is -0.831. The smallest absolute Gasteiger partial charge is 0.325 e. The van der Waals surface area contributed by atoms with Gasteiger partial charge in [-0.25, -0.2) is 4.79 Å². The third kappa shape index (κ3) is 4.04. The molecule has 2 N–H and O–H groups in total. The van der Waals surface area contributed by atoms with Crippen molar-refractivity contribution in [2.24, 2.45) is 17.3 Å². The van der Waals surface area contributed by atoms with Gasteiger partial charge in [-0.3, -0.25) is 14.5 Å². The number of amides is 4. The molecule has 1 saturated heterocycles. The number of nitrogens with zero attached hydrogens (tertiary/aromatic N) is 1. The fourth-order valence-electron chi connectivity index (χ4n) is 5.50. The van der Waals surface area contributed by atoms with Gasteiger partial charge in [0.1, 0.15) is 12.1 Å². The van der Waals surface area contributed by atoms with Gasteiger partial charge in [0.15, 0.2) is 0 Å². The van der Waals surface area contributed by atoms with Crippen molar-refractivity contribution in [3.63, 3.8) is 0 Å². The molecule has 0 aromatic rings. The van der Waals surface area contributed by atoms with Gasteiger partial charge >= 0.3 is 6.03 Å². The summed E-state index contributed by atoms with van der Waals surface area (Å²) in [5, 5.41) is 5.85. The normalized spacial score (nSPS) is 32.0. The Labute approximate surface area is 156 Å². The summed E-state index contributed by atoms with van der Waals surface area (Å²) in [7, 11) is 0. The summed E-state index contributed by atoms with van der Waals surface area (Å²) in [6.07, 6.45) is 8.37. The van der Waals surface area contributed by atoms with Crippen LogP contribution in [0.5, 0.6) is 0 Å². The molecular formula is C20H33N3O3. The number of imide groups is 1. The number of carbonyl (C=O) groups is 3. The Morgan fingerprint density at radius 2 is 1.88 bits per heavy atom. The molecule has 6 heteroatoms. The molecule has 0 bridgehead atoms. The molecule has 4 amide bonds. The van der Waals surface area contributed by atoms with E-state index in [1.165, 1.54) is 19.3 Å². The fraction of sp³-hybridized carbons (Fsp3) is 0.850. The van der Waals surface area contributed by atoms with Gasteiger partial charge in [0.2, 0.25) is 5.91 Å². The number of hydrogen-bond acceptors (Lipinski definition) is 3. The number of urea groups is 1. The number of carbonyl (C=O) groups excluding carboxylic acids is 3. The van der Waals surface area contributed by atoms with Crippen LogP contribution in [0.3, 0.4) is 0 Å². The zero-order chi connectivity index (χ0) is 18.9. The summed E-state index contributed by atoms with van der Waals surface area (Å²) in [5.74, 6) is 0.430. The van der Waals surface area contributed by atoms with Crippen molar-refractivity contribution < 1.29 is 14.4 Å². The molecule has 0 aromatic carbocycles. The first-order valence-corrected chi connectivity index (χ1v) is 10.1. The van der Waals surface area contributed by atoms with Gasteiger partial charge in [-0.15, -0.1) is 0 Å². The van der Waals surface area contributed by atoms with Gasteiger partial charge in [0.05, 0.1) is 0 Å². The Bertz CT molecular complexity index is 583. The van der Waals surface area contributed by atoms with E-state index >= 15 is 0 Å². The summed E-state index contributed by atoms with van der Waals surface area (Å²) in [5.41, 5.74) is -0.832. The highest BCUT2D eigenvalue weighted by atomic mass is 16.2. The summed E-state index contributed by atoms with van der Waals surface area (Å²) < 4.78 is 0. The first-order chi connectivity index (χ1) is 12.2. The SMILES string of the molecule is C[C@@H]1CC(C)(C)C[C@]2(C1)NC(=O)N(CC(=O)NCC1CCCCC1)C2=O. The molecule has 0 unspecified atom stereocenters. The second-order valence-corrected chi connectivity index (χ2v) is 9.57. The Hall–Kier alpha value is -1.59. The van der Waals surface area contributed by atoms with Gasteiger partial charge in [-0.1, -0.05) is 40.0 Å². The zero-order valence-corrected chi connectivity index (χ0v) is 16.4. The first-order valence-electron chi connectivity index (χ1n) is 10.1. The van der Waals surface area contributed by atoms with E-state index in [9.17, 15) is 14.4 Å². The van der Waals surface area contributed by atoms with Gasteiger partial charge in [-0.2, -0.15) is 0 Å². The third-order valence-corrected chi connectivity index (χ3v) is 6.24. The lowest BCUT2D eigenvalue weighted by atomic mass is 9.64. The maximum atomic E-state index is 13.0. The van der Waals surface area contributed by atoms with Gasteiger partial charge in [-0.05, 0) is 49.4 Å². The van der Waals surface area contributed by atoms with Crippen LogP contribution >= 0.6 is 0 Å². The third-order valence-electron chi connectivity index (χ3n) is 6.24. The standard InChI is InChI=1S/C20H33N3O3/c1-14-9-19(2,3)13-20(10-14)17(25)23(18(26)22-20)12-16(24)21-11-15-7-5-4-6-8-15/h14-15H,4-13H2,1-3H3,(H,21,24)(H,22,26)/t14-,20+/m1/s1. The second kappa shape index (κ2) is 7.20. The quantitative estimate of drug-likeness (QED) is 0.754. The minimum Gasteiger partial charge on any atom is -0.354 e. The molecule has 0 radical (unpaired) electrons. The molecule has 6 nitrogen and oxygen atoms in total. The maximum Gasteiger partial charge on any atom is 0.325 e. The van der Waals surface area contributed by atoms with E-state index in [1.807, 2.05) is 0 Å². The molecule has 146 valence electrons. The van der Waals surface area contributed by atoms with Crippen LogP contribution < -0.4 is 10.6 Å². The first kappa shape index (κ1) is 19.2. The van der Waals surface area contributed by atoms with Crippen LogP contribution in [-0.4, -0.2) is 41.4 Å². The van der Waals surface area contributed by atoms with Crippen molar-refractivity contribution in [2.75, 3.05) is 13.1 Å². The minimum absolute atomic E-state index is 0.000141. The van der Waals surface area contributed by atoms with Gasteiger partial charge in [0, 0.05) is 6.54 Å². The van der Waals surface area contributed by atoms with Crippen LogP contribution in [0.25, 0.3) is 0 Å². The van der Waals surface area contributed by atoms with E-state index in [0.717, 1.165) is 24.2 Å². The van der Waals surface area contributed by atoms with Gasteiger partial charge in [0.25, 0.3) is 5.91 Å². The zero-order valence-electron chi connectivity index (χ0n) is 16.4. The summed E-state index contributed by atoms with van der Waals surface area (Å²) in [4.78, 5) is 38.9. The van der Waals surface area contributed by atoms with Crippen molar-refractivity contribution in [1.29, 1.82) is 0 Å². The monoisotopic (exact) mass is 363 g/mol. The van der Waals surface area contributed by atoms with Crippen molar-refractivity contribution in [3.05, 3.63) is 0 Å². The molecule has 2 saturated carbocycles. The van der Waals surface area contributed by atoms with Crippen LogP contribution in [0.4, 0.5) is 4.79 Å². The van der Waals surface area contributed by atoms with Crippen molar-refractivity contribution >= 4 is 17.8 Å². The molecule has 0 aromatic heterocycles. The maximum absolute atomic E-state index is 13.0. The Morgan fingerprint density at radius 3 is 2.54 bits per heavy atom. The Morgan fingerprint density at radius 1 is 1.19 bits per heavy atom. The molecule has 1 heterocycles. The Balaban J connectivity index is 1.59. The molecule has 3 aliphatic rings. The van der Waals surface area contributed by atoms with Crippen LogP contribution in [0.15, 0.2) is 0 Å². The van der Waals surface area contributed by atoms with E-state index in [4.69, 9.17) is 0 Å². The highest BCUT2D eigenvalue weighted by molar-refractivity contribution is 6.09. The van der Waals surface area contributed by atoms with E-state index in [1.54, 1.807) is 0 Å².